The Morgan fingerprint density at radius 1 is 1.33 bits per heavy atom. The monoisotopic (exact) mass is 338 g/mol. The molecule has 1 fully saturated rings. The SMILES string of the molecule is CC1C(=O)NCCN1c1ccc(S(=O)(=O)C(F)(F)Cl)cc1. The number of hydrogen-bond donors (Lipinski definition) is 1. The lowest BCUT2D eigenvalue weighted by atomic mass is 10.1. The molecule has 0 aromatic heterocycles. The van der Waals surface area contributed by atoms with E-state index in [1.165, 1.54) is 12.1 Å². The molecule has 1 atom stereocenters. The van der Waals surface area contributed by atoms with Crippen LogP contribution in [0.25, 0.3) is 0 Å². The zero-order valence-corrected chi connectivity index (χ0v) is 12.6. The van der Waals surface area contributed by atoms with E-state index in [9.17, 15) is 22.0 Å². The number of halogens is 3. The third-order valence-electron chi connectivity index (χ3n) is 3.28. The third-order valence-corrected chi connectivity index (χ3v) is 5.39. The zero-order chi connectivity index (χ0) is 15.8. The van der Waals surface area contributed by atoms with Crippen molar-refractivity contribution in [3.63, 3.8) is 0 Å². The molecule has 1 unspecified atom stereocenters. The lowest BCUT2D eigenvalue weighted by molar-refractivity contribution is -0.122. The predicted molar refractivity (Wildman–Crippen MR) is 74.2 cm³/mol. The van der Waals surface area contributed by atoms with Crippen molar-refractivity contribution in [1.82, 2.24) is 5.32 Å². The largest absolute Gasteiger partial charge is 0.427 e. The number of carbonyl (C=O) groups excluding carboxylic acids is 1. The molecule has 116 valence electrons. The van der Waals surface area contributed by atoms with Crippen LogP contribution in [0.15, 0.2) is 29.2 Å². The molecule has 1 aliphatic rings. The highest BCUT2D eigenvalue weighted by molar-refractivity contribution is 7.93. The minimum atomic E-state index is -4.91. The van der Waals surface area contributed by atoms with Crippen LogP contribution in [-0.4, -0.2) is 38.2 Å². The van der Waals surface area contributed by atoms with Crippen molar-refractivity contribution in [3.8, 4) is 0 Å². The summed E-state index contributed by atoms with van der Waals surface area (Å²) >= 11 is 4.61. The van der Waals surface area contributed by atoms with Gasteiger partial charge < -0.3 is 10.2 Å². The molecule has 9 heteroatoms. The number of anilines is 1. The van der Waals surface area contributed by atoms with Gasteiger partial charge in [-0.15, -0.1) is 0 Å². The summed E-state index contributed by atoms with van der Waals surface area (Å²) in [6, 6.07) is 4.45. The Labute approximate surface area is 125 Å². The molecular weight excluding hydrogens is 326 g/mol. The quantitative estimate of drug-likeness (QED) is 0.850. The molecule has 2 rings (SSSR count). The van der Waals surface area contributed by atoms with Crippen LogP contribution in [0.1, 0.15) is 6.92 Å². The van der Waals surface area contributed by atoms with Gasteiger partial charge in [0.05, 0.1) is 4.90 Å². The van der Waals surface area contributed by atoms with Gasteiger partial charge in [-0.2, -0.15) is 8.78 Å². The normalized spacial score (nSPS) is 20.3. The summed E-state index contributed by atoms with van der Waals surface area (Å²) in [7, 11) is -4.91. The Hall–Kier alpha value is -1.41. The molecule has 0 radical (unpaired) electrons. The highest BCUT2D eigenvalue weighted by Gasteiger charge is 2.44. The Kier molecular flexibility index (Phi) is 4.12. The molecule has 21 heavy (non-hydrogen) atoms. The Morgan fingerprint density at radius 2 is 1.90 bits per heavy atom. The molecule has 1 N–H and O–H groups in total. The van der Waals surface area contributed by atoms with Gasteiger partial charge in [0, 0.05) is 18.8 Å². The van der Waals surface area contributed by atoms with E-state index in [1.54, 1.807) is 11.8 Å². The first-order valence-corrected chi connectivity index (χ1v) is 7.96. The zero-order valence-electron chi connectivity index (χ0n) is 11.0. The second-order valence-corrected chi connectivity index (χ2v) is 7.29. The number of amides is 1. The van der Waals surface area contributed by atoms with Crippen molar-refractivity contribution in [1.29, 1.82) is 0 Å². The summed E-state index contributed by atoms with van der Waals surface area (Å²) < 4.78 is 44.4. The number of alkyl halides is 3. The summed E-state index contributed by atoms with van der Waals surface area (Å²) in [6.45, 7) is 2.71. The van der Waals surface area contributed by atoms with Crippen molar-refractivity contribution < 1.29 is 22.0 Å². The molecule has 1 aromatic rings. The summed E-state index contributed by atoms with van der Waals surface area (Å²) in [5, 5.41) is 2.69. The number of piperazine rings is 1. The van der Waals surface area contributed by atoms with E-state index in [1.807, 2.05) is 0 Å². The van der Waals surface area contributed by atoms with Crippen LogP contribution in [-0.2, 0) is 14.6 Å². The molecule has 0 spiro atoms. The molecular formula is C12H13ClF2N2O3S. The van der Waals surface area contributed by atoms with Gasteiger partial charge in [-0.3, -0.25) is 4.79 Å². The van der Waals surface area contributed by atoms with Crippen LogP contribution in [0.3, 0.4) is 0 Å². The second kappa shape index (κ2) is 5.42. The molecule has 1 saturated heterocycles. The van der Waals surface area contributed by atoms with E-state index in [0.717, 1.165) is 12.1 Å². The van der Waals surface area contributed by atoms with Crippen molar-refractivity contribution in [2.75, 3.05) is 18.0 Å². The summed E-state index contributed by atoms with van der Waals surface area (Å²) in [5.41, 5.74) is 0.578. The highest BCUT2D eigenvalue weighted by atomic mass is 35.5. The number of benzene rings is 1. The number of nitrogens with one attached hydrogen (secondary N) is 1. The van der Waals surface area contributed by atoms with E-state index in [4.69, 9.17) is 0 Å². The van der Waals surface area contributed by atoms with Crippen LogP contribution < -0.4 is 10.2 Å². The average Bonchev–Trinajstić information content (AvgIpc) is 2.41. The van der Waals surface area contributed by atoms with Gasteiger partial charge in [-0.25, -0.2) is 8.42 Å². The highest BCUT2D eigenvalue weighted by Crippen LogP contribution is 2.33. The van der Waals surface area contributed by atoms with Crippen LogP contribution in [0.2, 0.25) is 0 Å². The maximum Gasteiger partial charge on any atom is 0.427 e. The molecule has 1 heterocycles. The average molecular weight is 339 g/mol. The first-order valence-electron chi connectivity index (χ1n) is 6.10. The van der Waals surface area contributed by atoms with Gasteiger partial charge in [-0.1, -0.05) is 0 Å². The van der Waals surface area contributed by atoms with Gasteiger partial charge in [0.2, 0.25) is 5.91 Å². The minimum Gasteiger partial charge on any atom is -0.358 e. The van der Waals surface area contributed by atoms with Crippen LogP contribution in [0.5, 0.6) is 0 Å². The van der Waals surface area contributed by atoms with Gasteiger partial charge in [0.1, 0.15) is 6.04 Å². The topological polar surface area (TPSA) is 66.5 Å². The summed E-state index contributed by atoms with van der Waals surface area (Å²) in [6.07, 6.45) is 0. The maximum absolute atomic E-state index is 12.9. The van der Waals surface area contributed by atoms with E-state index in [0.29, 0.717) is 18.8 Å². The molecule has 5 nitrogen and oxygen atoms in total. The summed E-state index contributed by atoms with van der Waals surface area (Å²) in [5.74, 6) is -0.148. The molecule has 0 aliphatic carbocycles. The van der Waals surface area contributed by atoms with Gasteiger partial charge in [-0.05, 0) is 42.8 Å². The van der Waals surface area contributed by atoms with Crippen LogP contribution >= 0.6 is 11.6 Å². The number of nitrogens with zero attached hydrogens (tertiary/aromatic N) is 1. The van der Waals surface area contributed by atoms with E-state index < -0.39 is 25.5 Å². The number of sulfone groups is 1. The maximum atomic E-state index is 12.9. The predicted octanol–water partition coefficient (Wildman–Crippen LogP) is 1.57. The van der Waals surface area contributed by atoms with Crippen molar-refractivity contribution in [2.45, 2.75) is 22.6 Å². The standard InChI is InChI=1S/C12H13ClF2N2O3S/c1-8-11(18)16-6-7-17(8)9-2-4-10(5-3-9)21(19,20)12(13,14)15/h2-5,8H,6-7H2,1H3,(H,16,18). The van der Waals surface area contributed by atoms with E-state index in [2.05, 4.69) is 16.9 Å². The van der Waals surface area contributed by atoms with E-state index in [-0.39, 0.29) is 5.91 Å². The van der Waals surface area contributed by atoms with Gasteiger partial charge >= 0.3 is 4.71 Å². The van der Waals surface area contributed by atoms with Gasteiger partial charge in [0.15, 0.2) is 0 Å². The van der Waals surface area contributed by atoms with E-state index >= 15 is 0 Å². The van der Waals surface area contributed by atoms with Crippen molar-refractivity contribution in [3.05, 3.63) is 24.3 Å². The first kappa shape index (κ1) is 16.0. The second-order valence-electron chi connectivity index (χ2n) is 4.60. The molecule has 0 saturated carbocycles. The lowest BCUT2D eigenvalue weighted by Gasteiger charge is -2.34. The number of hydrogen-bond acceptors (Lipinski definition) is 4. The smallest absolute Gasteiger partial charge is 0.358 e. The summed E-state index contributed by atoms with van der Waals surface area (Å²) in [4.78, 5) is 12.8. The van der Waals surface area contributed by atoms with Crippen LogP contribution in [0.4, 0.5) is 14.5 Å². The molecule has 0 bridgehead atoms. The fourth-order valence-corrected chi connectivity index (χ4v) is 3.11. The fourth-order valence-electron chi connectivity index (χ4n) is 2.09. The first-order chi connectivity index (χ1) is 9.64. The van der Waals surface area contributed by atoms with Crippen molar-refractivity contribution >= 4 is 33.0 Å². The fraction of sp³-hybridized carbons (Fsp3) is 0.417. The Bertz CT molecular complexity index is 643. The van der Waals surface area contributed by atoms with Crippen molar-refractivity contribution in [2.24, 2.45) is 0 Å². The number of carbonyl (C=O) groups is 1. The number of rotatable bonds is 3. The molecule has 1 amide bonds. The third kappa shape index (κ3) is 2.96. The Balaban J connectivity index is 2.30. The molecule has 1 aliphatic heterocycles. The lowest BCUT2D eigenvalue weighted by Crippen LogP contribution is -2.54. The Morgan fingerprint density at radius 3 is 2.43 bits per heavy atom. The van der Waals surface area contributed by atoms with Gasteiger partial charge in [0.25, 0.3) is 9.84 Å². The van der Waals surface area contributed by atoms with Crippen LogP contribution in [0, 0.1) is 0 Å². The minimum absolute atomic E-state index is 0.148. The molecule has 1 aromatic carbocycles.